The van der Waals surface area contributed by atoms with E-state index < -0.39 is 0 Å². The zero-order valence-electron chi connectivity index (χ0n) is 12.0. The summed E-state index contributed by atoms with van der Waals surface area (Å²) in [7, 11) is 0. The molecule has 106 valence electrons. The van der Waals surface area contributed by atoms with Crippen molar-refractivity contribution in [1.29, 1.82) is 5.26 Å². The zero-order valence-corrected chi connectivity index (χ0v) is 12.0. The van der Waals surface area contributed by atoms with Crippen LogP contribution >= 0.6 is 0 Å². The van der Waals surface area contributed by atoms with Crippen LogP contribution in [0.5, 0.6) is 0 Å². The van der Waals surface area contributed by atoms with E-state index in [1.807, 2.05) is 38.1 Å². The predicted molar refractivity (Wildman–Crippen MR) is 78.4 cm³/mol. The number of nitriles is 1. The van der Waals surface area contributed by atoms with Crippen LogP contribution in [0.4, 0.5) is 0 Å². The first-order valence-corrected chi connectivity index (χ1v) is 6.74. The van der Waals surface area contributed by atoms with Crippen LogP contribution in [0.1, 0.15) is 46.8 Å². The second kappa shape index (κ2) is 6.62. The number of amides is 1. The molecule has 0 aromatic carbocycles. The molecule has 2 aromatic rings. The van der Waals surface area contributed by atoms with E-state index in [4.69, 9.17) is 5.26 Å². The van der Waals surface area contributed by atoms with Gasteiger partial charge in [0.1, 0.15) is 11.8 Å². The van der Waals surface area contributed by atoms with Gasteiger partial charge in [-0.25, -0.2) is 4.98 Å². The molecule has 0 saturated carbocycles. The van der Waals surface area contributed by atoms with Gasteiger partial charge in [-0.3, -0.25) is 9.78 Å². The average Bonchev–Trinajstić information content (AvgIpc) is 2.52. The van der Waals surface area contributed by atoms with Crippen LogP contribution in [0, 0.1) is 18.3 Å². The molecule has 2 heterocycles. The Labute approximate surface area is 123 Å². The number of nitrogens with one attached hydrogen (secondary N) is 1. The van der Waals surface area contributed by atoms with Crippen molar-refractivity contribution in [2.24, 2.45) is 0 Å². The SMILES string of the molecule is CC[C@H](NC(=O)c1ccc(C#N)nc1)c1cccc(C)n1. The number of carbonyl (C=O) groups is 1. The molecule has 2 rings (SSSR count). The minimum absolute atomic E-state index is 0.145. The summed E-state index contributed by atoms with van der Waals surface area (Å²) in [4.78, 5) is 20.6. The molecule has 1 amide bonds. The van der Waals surface area contributed by atoms with Gasteiger partial charge in [0.25, 0.3) is 5.91 Å². The molecule has 5 nitrogen and oxygen atoms in total. The Kier molecular flexibility index (Phi) is 4.62. The van der Waals surface area contributed by atoms with E-state index >= 15 is 0 Å². The van der Waals surface area contributed by atoms with Crippen LogP contribution in [-0.4, -0.2) is 15.9 Å². The van der Waals surface area contributed by atoms with Crippen LogP contribution in [-0.2, 0) is 0 Å². The van der Waals surface area contributed by atoms with E-state index in [0.29, 0.717) is 11.3 Å². The lowest BCUT2D eigenvalue weighted by atomic mass is 10.1. The highest BCUT2D eigenvalue weighted by molar-refractivity contribution is 5.94. The minimum atomic E-state index is -0.220. The Morgan fingerprint density at radius 2 is 2.19 bits per heavy atom. The van der Waals surface area contributed by atoms with Crippen molar-refractivity contribution in [2.45, 2.75) is 26.3 Å². The standard InChI is InChI=1S/C16H16N4O/c1-3-14(15-6-4-5-11(2)19-15)20-16(21)12-7-8-13(9-17)18-10-12/h4-8,10,14H,3H2,1-2H3,(H,20,21)/t14-/m0/s1. The number of pyridine rings is 2. The van der Waals surface area contributed by atoms with Crippen LogP contribution in [0.15, 0.2) is 36.5 Å². The number of carbonyl (C=O) groups excluding carboxylic acids is 1. The third-order valence-electron chi connectivity index (χ3n) is 3.12. The first-order chi connectivity index (χ1) is 10.1. The molecular weight excluding hydrogens is 264 g/mol. The van der Waals surface area contributed by atoms with Gasteiger partial charge in [-0.1, -0.05) is 13.0 Å². The first kappa shape index (κ1) is 14.7. The first-order valence-electron chi connectivity index (χ1n) is 6.74. The normalized spacial score (nSPS) is 11.5. The van der Waals surface area contributed by atoms with Gasteiger partial charge in [0.15, 0.2) is 0 Å². The molecule has 0 aliphatic carbocycles. The summed E-state index contributed by atoms with van der Waals surface area (Å²) in [5.41, 5.74) is 2.48. The lowest BCUT2D eigenvalue weighted by Gasteiger charge is -2.16. The summed E-state index contributed by atoms with van der Waals surface area (Å²) in [6, 6.07) is 10.6. The molecule has 0 radical (unpaired) electrons. The number of hydrogen-bond donors (Lipinski definition) is 1. The van der Waals surface area contributed by atoms with Crippen molar-refractivity contribution in [3.05, 3.63) is 59.2 Å². The number of rotatable bonds is 4. The molecule has 0 saturated heterocycles. The Morgan fingerprint density at radius 1 is 1.38 bits per heavy atom. The maximum atomic E-state index is 12.2. The minimum Gasteiger partial charge on any atom is -0.344 e. The van der Waals surface area contributed by atoms with E-state index in [-0.39, 0.29) is 11.9 Å². The molecular formula is C16H16N4O. The number of aromatic nitrogens is 2. The summed E-state index contributed by atoms with van der Waals surface area (Å²) in [5.74, 6) is -0.220. The fourth-order valence-electron chi connectivity index (χ4n) is 1.98. The van der Waals surface area contributed by atoms with Crippen LogP contribution in [0.3, 0.4) is 0 Å². The van der Waals surface area contributed by atoms with E-state index in [2.05, 4.69) is 15.3 Å². The van der Waals surface area contributed by atoms with Crippen molar-refractivity contribution in [3.63, 3.8) is 0 Å². The Morgan fingerprint density at radius 3 is 2.76 bits per heavy atom. The highest BCUT2D eigenvalue weighted by Crippen LogP contribution is 2.15. The lowest BCUT2D eigenvalue weighted by molar-refractivity contribution is 0.0934. The Balaban J connectivity index is 2.14. The summed E-state index contributed by atoms with van der Waals surface area (Å²) >= 11 is 0. The maximum absolute atomic E-state index is 12.2. The van der Waals surface area contributed by atoms with Gasteiger partial charge in [0, 0.05) is 11.9 Å². The van der Waals surface area contributed by atoms with Gasteiger partial charge >= 0.3 is 0 Å². The highest BCUT2D eigenvalue weighted by Gasteiger charge is 2.15. The molecule has 0 aliphatic rings. The molecule has 2 aromatic heterocycles. The number of hydrogen-bond acceptors (Lipinski definition) is 4. The van der Waals surface area contributed by atoms with Gasteiger partial charge in [-0.2, -0.15) is 5.26 Å². The topological polar surface area (TPSA) is 78.7 Å². The molecule has 1 atom stereocenters. The van der Waals surface area contributed by atoms with Gasteiger partial charge in [0.2, 0.25) is 0 Å². The summed E-state index contributed by atoms with van der Waals surface area (Å²) in [5, 5.41) is 11.6. The number of aryl methyl sites for hydroxylation is 1. The average molecular weight is 280 g/mol. The monoisotopic (exact) mass is 280 g/mol. The zero-order chi connectivity index (χ0) is 15.2. The molecule has 1 N–H and O–H groups in total. The smallest absolute Gasteiger partial charge is 0.253 e. The maximum Gasteiger partial charge on any atom is 0.253 e. The van der Waals surface area contributed by atoms with E-state index in [1.165, 1.54) is 12.3 Å². The largest absolute Gasteiger partial charge is 0.344 e. The fourth-order valence-corrected chi connectivity index (χ4v) is 1.98. The molecule has 5 heteroatoms. The van der Waals surface area contributed by atoms with Crippen LogP contribution in [0.2, 0.25) is 0 Å². The highest BCUT2D eigenvalue weighted by atomic mass is 16.1. The molecule has 0 fully saturated rings. The Bertz CT molecular complexity index is 673. The van der Waals surface area contributed by atoms with Gasteiger partial charge in [-0.15, -0.1) is 0 Å². The third kappa shape index (κ3) is 3.63. The fraction of sp³-hybridized carbons (Fsp3) is 0.250. The molecule has 0 unspecified atom stereocenters. The summed E-state index contributed by atoms with van der Waals surface area (Å²) in [6.45, 7) is 3.91. The van der Waals surface area contributed by atoms with Crippen LogP contribution < -0.4 is 5.32 Å². The van der Waals surface area contributed by atoms with E-state index in [0.717, 1.165) is 17.8 Å². The van der Waals surface area contributed by atoms with Crippen molar-refractivity contribution in [2.75, 3.05) is 0 Å². The van der Waals surface area contributed by atoms with Crippen molar-refractivity contribution >= 4 is 5.91 Å². The molecule has 0 spiro atoms. The van der Waals surface area contributed by atoms with Gasteiger partial charge in [0.05, 0.1) is 17.3 Å². The molecule has 21 heavy (non-hydrogen) atoms. The van der Waals surface area contributed by atoms with E-state index in [9.17, 15) is 4.79 Å². The summed E-state index contributed by atoms with van der Waals surface area (Å²) < 4.78 is 0. The van der Waals surface area contributed by atoms with Gasteiger partial charge < -0.3 is 5.32 Å². The predicted octanol–water partition coefficient (Wildman–Crippen LogP) is 2.54. The van der Waals surface area contributed by atoms with Crippen LogP contribution in [0.25, 0.3) is 0 Å². The van der Waals surface area contributed by atoms with Gasteiger partial charge in [-0.05, 0) is 37.6 Å². The molecule has 0 aliphatic heterocycles. The van der Waals surface area contributed by atoms with E-state index in [1.54, 1.807) is 6.07 Å². The third-order valence-corrected chi connectivity index (χ3v) is 3.12. The molecule has 0 bridgehead atoms. The quantitative estimate of drug-likeness (QED) is 0.933. The second-order valence-corrected chi connectivity index (χ2v) is 4.68. The van der Waals surface area contributed by atoms with Crippen molar-refractivity contribution in [3.8, 4) is 6.07 Å². The Hall–Kier alpha value is -2.74. The van der Waals surface area contributed by atoms with Crippen molar-refractivity contribution < 1.29 is 4.79 Å². The summed E-state index contributed by atoms with van der Waals surface area (Å²) in [6.07, 6.45) is 2.15. The number of nitrogens with zero attached hydrogens (tertiary/aromatic N) is 3. The lowest BCUT2D eigenvalue weighted by Crippen LogP contribution is -2.29. The second-order valence-electron chi connectivity index (χ2n) is 4.68. The van der Waals surface area contributed by atoms with Crippen molar-refractivity contribution in [1.82, 2.24) is 15.3 Å².